The highest BCUT2D eigenvalue weighted by molar-refractivity contribution is 5.81. The first kappa shape index (κ1) is 24.2. The number of carbonyl (C=O) groups is 2. The molecule has 30 heavy (non-hydrogen) atoms. The van der Waals surface area contributed by atoms with Crippen molar-refractivity contribution in [1.29, 1.82) is 0 Å². The molecule has 0 aliphatic heterocycles. The summed E-state index contributed by atoms with van der Waals surface area (Å²) in [5, 5.41) is 18.5. The summed E-state index contributed by atoms with van der Waals surface area (Å²) in [7, 11) is 0. The lowest BCUT2D eigenvalue weighted by atomic mass is 9.82. The van der Waals surface area contributed by atoms with E-state index in [1.807, 2.05) is 6.08 Å². The number of hydrogen-bond donors (Lipinski definition) is 2. The van der Waals surface area contributed by atoms with Crippen molar-refractivity contribution in [1.82, 2.24) is 0 Å². The highest BCUT2D eigenvalue weighted by Gasteiger charge is 2.30. The van der Waals surface area contributed by atoms with Crippen molar-refractivity contribution in [3.8, 4) is 0 Å². The molecule has 0 heterocycles. The molecule has 0 amide bonds. The molecule has 2 aliphatic rings. The quantitative estimate of drug-likeness (QED) is 0.215. The van der Waals surface area contributed by atoms with Crippen molar-refractivity contribution in [3.05, 3.63) is 36.3 Å². The summed E-state index contributed by atoms with van der Waals surface area (Å²) in [6.45, 7) is 4.42. The van der Waals surface area contributed by atoms with Crippen LogP contribution in [0.15, 0.2) is 36.3 Å². The van der Waals surface area contributed by atoms with Gasteiger partial charge in [-0.05, 0) is 63.5 Å². The van der Waals surface area contributed by atoms with Gasteiger partial charge >= 0.3 is 11.9 Å². The van der Waals surface area contributed by atoms with Gasteiger partial charge in [0.1, 0.15) is 5.76 Å². The Morgan fingerprint density at radius 1 is 1.00 bits per heavy atom. The number of carbonyl (C=O) groups excluding carboxylic acids is 2. The molecule has 0 bridgehead atoms. The number of allylic oxidation sites excluding steroid dienone is 4. The fraction of sp³-hybridized carbons (Fsp3) is 0.652. The molecule has 0 spiro atoms. The van der Waals surface area contributed by atoms with E-state index < -0.39 is 6.29 Å². The molecule has 0 radical (unpaired) electrons. The molecule has 7 heteroatoms. The van der Waals surface area contributed by atoms with Crippen molar-refractivity contribution in [2.75, 3.05) is 13.2 Å². The minimum Gasteiger partial charge on any atom is -0.498 e. The standard InChI is InChI=1S/C23H34O7/c1-2-21(24)29-16-6-4-3-5-15-28-19-11-13-20(14-12-19)30-23(27)18-9-7-17(8-10-18)22(25)26/h2,11,13,17-18,22,25-26H,1,3-10,12,14-16H2. The lowest BCUT2D eigenvalue weighted by Gasteiger charge is -2.28. The lowest BCUT2D eigenvalue weighted by Crippen LogP contribution is -2.29. The third-order valence-corrected chi connectivity index (χ3v) is 5.57. The molecule has 0 aromatic carbocycles. The number of rotatable bonds is 12. The van der Waals surface area contributed by atoms with Gasteiger partial charge in [0.25, 0.3) is 0 Å². The van der Waals surface area contributed by atoms with Crippen molar-refractivity contribution < 1.29 is 34.0 Å². The van der Waals surface area contributed by atoms with Crippen LogP contribution < -0.4 is 0 Å². The van der Waals surface area contributed by atoms with Crippen LogP contribution in [-0.4, -0.2) is 41.7 Å². The molecule has 0 aromatic rings. The van der Waals surface area contributed by atoms with Gasteiger partial charge in [-0.25, -0.2) is 4.79 Å². The Morgan fingerprint density at radius 2 is 1.63 bits per heavy atom. The highest BCUT2D eigenvalue weighted by Crippen LogP contribution is 2.32. The first-order valence-electron chi connectivity index (χ1n) is 10.9. The third kappa shape index (κ3) is 8.71. The van der Waals surface area contributed by atoms with Crippen molar-refractivity contribution >= 4 is 11.9 Å². The minimum atomic E-state index is -1.30. The average Bonchev–Trinajstić information content (AvgIpc) is 2.76. The van der Waals surface area contributed by atoms with Gasteiger partial charge in [-0.2, -0.15) is 0 Å². The zero-order valence-electron chi connectivity index (χ0n) is 17.6. The SMILES string of the molecule is C=CC(=O)OCCCCCCOC1=CC=C(OC(=O)C2CCC(C(O)O)CC2)CC1. The Hall–Kier alpha value is -2.12. The van der Waals surface area contributed by atoms with Crippen LogP contribution in [0.4, 0.5) is 0 Å². The Balaban J connectivity index is 1.57. The summed E-state index contributed by atoms with van der Waals surface area (Å²) >= 11 is 0. The average molecular weight is 423 g/mol. The van der Waals surface area contributed by atoms with Crippen LogP contribution in [0, 0.1) is 11.8 Å². The highest BCUT2D eigenvalue weighted by atomic mass is 16.5. The predicted octanol–water partition coefficient (Wildman–Crippen LogP) is 3.51. The predicted molar refractivity (Wildman–Crippen MR) is 111 cm³/mol. The molecule has 2 rings (SSSR count). The number of hydrogen-bond acceptors (Lipinski definition) is 7. The van der Waals surface area contributed by atoms with E-state index in [-0.39, 0.29) is 23.8 Å². The first-order valence-corrected chi connectivity index (χ1v) is 10.9. The summed E-state index contributed by atoms with van der Waals surface area (Å²) in [4.78, 5) is 23.2. The number of esters is 2. The van der Waals surface area contributed by atoms with E-state index in [0.717, 1.165) is 31.4 Å². The van der Waals surface area contributed by atoms with Crippen LogP contribution in [-0.2, 0) is 23.8 Å². The van der Waals surface area contributed by atoms with Gasteiger partial charge in [0.2, 0.25) is 0 Å². The van der Waals surface area contributed by atoms with Gasteiger partial charge in [-0.15, -0.1) is 0 Å². The molecule has 0 aromatic heterocycles. The molecule has 1 fully saturated rings. The van der Waals surface area contributed by atoms with E-state index >= 15 is 0 Å². The summed E-state index contributed by atoms with van der Waals surface area (Å²) < 4.78 is 16.2. The second-order valence-corrected chi connectivity index (χ2v) is 7.85. The van der Waals surface area contributed by atoms with E-state index in [0.29, 0.717) is 57.5 Å². The molecule has 0 atom stereocenters. The molecule has 1 saturated carbocycles. The Morgan fingerprint density at radius 3 is 2.23 bits per heavy atom. The van der Waals surface area contributed by atoms with E-state index in [9.17, 15) is 19.8 Å². The summed E-state index contributed by atoms with van der Waals surface area (Å²) in [6.07, 6.45) is 11.2. The van der Waals surface area contributed by atoms with E-state index in [1.165, 1.54) is 6.08 Å². The molecule has 0 unspecified atom stereocenters. The van der Waals surface area contributed by atoms with Crippen molar-refractivity contribution in [2.45, 2.75) is 70.5 Å². The summed E-state index contributed by atoms with van der Waals surface area (Å²) in [6, 6.07) is 0. The van der Waals surface area contributed by atoms with Gasteiger partial charge in [-0.1, -0.05) is 6.58 Å². The topological polar surface area (TPSA) is 102 Å². The summed E-state index contributed by atoms with van der Waals surface area (Å²) in [5.74, 6) is 0.652. The molecule has 2 aliphatic carbocycles. The van der Waals surface area contributed by atoms with Crippen molar-refractivity contribution in [2.24, 2.45) is 11.8 Å². The van der Waals surface area contributed by atoms with E-state index in [2.05, 4.69) is 6.58 Å². The fourth-order valence-corrected chi connectivity index (χ4v) is 3.66. The normalized spacial score (nSPS) is 21.4. The van der Waals surface area contributed by atoms with Gasteiger partial charge in [0.05, 0.1) is 24.9 Å². The van der Waals surface area contributed by atoms with Crippen molar-refractivity contribution in [3.63, 3.8) is 0 Å². The monoisotopic (exact) mass is 422 g/mol. The maximum atomic E-state index is 12.3. The van der Waals surface area contributed by atoms with Crippen LogP contribution in [0.2, 0.25) is 0 Å². The molecule has 7 nitrogen and oxygen atoms in total. The van der Waals surface area contributed by atoms with Gasteiger partial charge in [0, 0.05) is 24.8 Å². The number of ether oxygens (including phenoxy) is 3. The second kappa shape index (κ2) is 13.2. The van der Waals surface area contributed by atoms with Gasteiger partial charge < -0.3 is 24.4 Å². The molecular weight excluding hydrogens is 388 g/mol. The third-order valence-electron chi connectivity index (χ3n) is 5.57. The Labute approximate surface area is 178 Å². The molecular formula is C23H34O7. The minimum absolute atomic E-state index is 0.139. The maximum absolute atomic E-state index is 12.3. The number of unbranched alkanes of at least 4 members (excludes halogenated alkanes) is 3. The fourth-order valence-electron chi connectivity index (χ4n) is 3.66. The summed E-state index contributed by atoms with van der Waals surface area (Å²) in [5.41, 5.74) is 0. The van der Waals surface area contributed by atoms with E-state index in [4.69, 9.17) is 14.2 Å². The Kier molecular flexibility index (Phi) is 10.7. The Bertz CT molecular complexity index is 627. The van der Waals surface area contributed by atoms with Crippen LogP contribution in [0.25, 0.3) is 0 Å². The largest absolute Gasteiger partial charge is 0.498 e. The second-order valence-electron chi connectivity index (χ2n) is 7.85. The number of aliphatic hydroxyl groups is 2. The van der Waals surface area contributed by atoms with E-state index in [1.54, 1.807) is 6.08 Å². The van der Waals surface area contributed by atoms with Crippen LogP contribution in [0.1, 0.15) is 64.2 Å². The smallest absolute Gasteiger partial charge is 0.330 e. The first-order chi connectivity index (χ1) is 14.5. The zero-order chi connectivity index (χ0) is 21.8. The lowest BCUT2D eigenvalue weighted by molar-refractivity contribution is -0.148. The maximum Gasteiger partial charge on any atom is 0.330 e. The van der Waals surface area contributed by atoms with Gasteiger partial charge in [-0.3, -0.25) is 4.79 Å². The molecule has 0 saturated heterocycles. The zero-order valence-corrected chi connectivity index (χ0v) is 17.6. The molecule has 168 valence electrons. The van der Waals surface area contributed by atoms with Gasteiger partial charge in [0.15, 0.2) is 6.29 Å². The number of aliphatic hydroxyl groups excluding tert-OH is 1. The van der Waals surface area contributed by atoms with Crippen LogP contribution >= 0.6 is 0 Å². The molecule has 2 N–H and O–H groups in total. The van der Waals surface area contributed by atoms with Crippen LogP contribution in [0.5, 0.6) is 0 Å². The van der Waals surface area contributed by atoms with Crippen LogP contribution in [0.3, 0.4) is 0 Å².